The van der Waals surface area contributed by atoms with Gasteiger partial charge >= 0.3 is 0 Å². The van der Waals surface area contributed by atoms with Crippen LogP contribution in [0.1, 0.15) is 43.8 Å². The van der Waals surface area contributed by atoms with Crippen molar-refractivity contribution >= 4 is 29.0 Å². The normalized spacial score (nSPS) is 11.1. The second kappa shape index (κ2) is 10.2. The summed E-state index contributed by atoms with van der Waals surface area (Å²) in [7, 11) is 0. The van der Waals surface area contributed by atoms with Gasteiger partial charge in [-0.25, -0.2) is 4.98 Å². The molecule has 1 aromatic rings. The lowest BCUT2D eigenvalue weighted by Gasteiger charge is -2.30. The molecule has 0 aliphatic carbocycles. The zero-order valence-electron chi connectivity index (χ0n) is 13.2. The summed E-state index contributed by atoms with van der Waals surface area (Å²) in [6.45, 7) is 6.66. The molecule has 120 valence electrons. The third-order valence-corrected chi connectivity index (χ3v) is 5.24. The maximum Gasteiger partial charge on any atom is 0.223 e. The molecule has 4 nitrogen and oxygen atoms in total. The van der Waals surface area contributed by atoms with Gasteiger partial charge in [0.2, 0.25) is 5.91 Å². The zero-order valence-corrected chi connectivity index (χ0v) is 14.8. The summed E-state index contributed by atoms with van der Waals surface area (Å²) in [6, 6.07) is 0.246. The number of aliphatic hydroxyl groups is 1. The summed E-state index contributed by atoms with van der Waals surface area (Å²) in [6.07, 6.45) is 2.41. The first-order valence-electron chi connectivity index (χ1n) is 7.51. The monoisotopic (exact) mass is 330 g/mol. The van der Waals surface area contributed by atoms with Crippen molar-refractivity contribution in [2.45, 2.75) is 51.8 Å². The molecular formula is C15H26N2O2S2. The van der Waals surface area contributed by atoms with Gasteiger partial charge in [-0.2, -0.15) is 11.8 Å². The molecule has 0 radical (unpaired) electrons. The quantitative estimate of drug-likeness (QED) is 0.670. The highest BCUT2D eigenvalue weighted by atomic mass is 32.2. The van der Waals surface area contributed by atoms with Crippen molar-refractivity contribution in [1.29, 1.82) is 0 Å². The van der Waals surface area contributed by atoms with Crippen molar-refractivity contribution in [1.82, 2.24) is 9.88 Å². The summed E-state index contributed by atoms with van der Waals surface area (Å²) in [5.74, 6) is 1.82. The Morgan fingerprint density at radius 3 is 2.71 bits per heavy atom. The molecule has 6 heteroatoms. The van der Waals surface area contributed by atoms with Crippen LogP contribution in [0.5, 0.6) is 0 Å². The maximum absolute atomic E-state index is 12.3. The number of hydrogen-bond acceptors (Lipinski definition) is 5. The van der Waals surface area contributed by atoms with E-state index in [1.165, 1.54) is 0 Å². The van der Waals surface area contributed by atoms with Gasteiger partial charge in [0.1, 0.15) is 0 Å². The van der Waals surface area contributed by atoms with E-state index in [-0.39, 0.29) is 18.6 Å². The molecule has 1 heterocycles. The molecule has 1 amide bonds. The van der Waals surface area contributed by atoms with Crippen LogP contribution in [-0.4, -0.2) is 45.8 Å². The third kappa shape index (κ3) is 6.36. The molecule has 0 unspecified atom stereocenters. The van der Waals surface area contributed by atoms with E-state index in [4.69, 9.17) is 5.11 Å². The van der Waals surface area contributed by atoms with E-state index in [0.29, 0.717) is 13.0 Å². The van der Waals surface area contributed by atoms with E-state index in [1.807, 2.05) is 11.8 Å². The van der Waals surface area contributed by atoms with Crippen molar-refractivity contribution in [3.63, 3.8) is 0 Å². The van der Waals surface area contributed by atoms with Crippen molar-refractivity contribution in [2.24, 2.45) is 0 Å². The number of aliphatic hydroxyl groups excluding tert-OH is 1. The summed E-state index contributed by atoms with van der Waals surface area (Å²) in [4.78, 5) is 18.6. The first-order valence-corrected chi connectivity index (χ1v) is 9.54. The highest BCUT2D eigenvalue weighted by Crippen LogP contribution is 2.17. The summed E-state index contributed by atoms with van der Waals surface area (Å²) < 4.78 is 0. The van der Waals surface area contributed by atoms with Gasteiger partial charge in [0, 0.05) is 35.9 Å². The Morgan fingerprint density at radius 2 is 2.19 bits per heavy atom. The maximum atomic E-state index is 12.3. The van der Waals surface area contributed by atoms with Gasteiger partial charge in [-0.05, 0) is 19.8 Å². The van der Waals surface area contributed by atoms with Crippen LogP contribution in [0.15, 0.2) is 5.38 Å². The van der Waals surface area contributed by atoms with Crippen molar-refractivity contribution in [3.05, 3.63) is 16.1 Å². The van der Waals surface area contributed by atoms with Crippen LogP contribution < -0.4 is 0 Å². The first kappa shape index (κ1) is 18.5. The second-order valence-electron chi connectivity index (χ2n) is 4.94. The number of rotatable bonds is 10. The molecule has 0 aromatic carbocycles. The van der Waals surface area contributed by atoms with Gasteiger partial charge in [0.25, 0.3) is 0 Å². The van der Waals surface area contributed by atoms with E-state index in [1.54, 1.807) is 23.1 Å². The largest absolute Gasteiger partial charge is 0.395 e. The lowest BCUT2D eigenvalue weighted by Crippen LogP contribution is -2.41. The van der Waals surface area contributed by atoms with Gasteiger partial charge < -0.3 is 10.0 Å². The number of nitrogens with zero attached hydrogens (tertiary/aromatic N) is 2. The highest BCUT2D eigenvalue weighted by molar-refractivity contribution is 7.98. The summed E-state index contributed by atoms with van der Waals surface area (Å²) in [5, 5.41) is 12.3. The molecule has 1 N–H and O–H groups in total. The smallest absolute Gasteiger partial charge is 0.223 e. The molecule has 0 aliphatic rings. The van der Waals surface area contributed by atoms with E-state index in [2.05, 4.69) is 24.2 Å². The lowest BCUT2D eigenvalue weighted by atomic mass is 10.1. The molecule has 0 fully saturated rings. The van der Waals surface area contributed by atoms with Crippen LogP contribution in [0, 0.1) is 6.92 Å². The van der Waals surface area contributed by atoms with E-state index >= 15 is 0 Å². The van der Waals surface area contributed by atoms with E-state index < -0.39 is 0 Å². The predicted molar refractivity (Wildman–Crippen MR) is 90.8 cm³/mol. The lowest BCUT2D eigenvalue weighted by molar-refractivity contribution is -0.133. The zero-order chi connectivity index (χ0) is 15.7. The average molecular weight is 331 g/mol. The average Bonchev–Trinajstić information content (AvgIpc) is 2.89. The number of carbonyl (C=O) groups is 1. The van der Waals surface area contributed by atoms with Crippen LogP contribution in [0.25, 0.3) is 0 Å². The molecule has 0 atom stereocenters. The first-order chi connectivity index (χ1) is 10.1. The van der Waals surface area contributed by atoms with E-state index in [9.17, 15) is 4.79 Å². The molecule has 0 saturated heterocycles. The Hall–Kier alpha value is -0.590. The number of amides is 1. The molecule has 21 heavy (non-hydrogen) atoms. The van der Waals surface area contributed by atoms with Crippen LogP contribution in [0.4, 0.5) is 0 Å². The fraction of sp³-hybridized carbons (Fsp3) is 0.733. The number of aromatic nitrogens is 1. The Balaban J connectivity index is 2.35. The van der Waals surface area contributed by atoms with Crippen LogP contribution in [-0.2, 0) is 10.5 Å². The van der Waals surface area contributed by atoms with Gasteiger partial charge in [-0.15, -0.1) is 11.3 Å². The van der Waals surface area contributed by atoms with Gasteiger partial charge in [0.05, 0.1) is 17.3 Å². The number of aryl methyl sites for hydroxylation is 1. The molecule has 0 saturated carbocycles. The minimum Gasteiger partial charge on any atom is -0.395 e. The second-order valence-corrected chi connectivity index (χ2v) is 7.11. The van der Waals surface area contributed by atoms with Gasteiger partial charge in [-0.3, -0.25) is 4.79 Å². The Labute approximate surface area is 136 Å². The molecule has 0 spiro atoms. The summed E-state index contributed by atoms with van der Waals surface area (Å²) in [5.41, 5.74) is 1.10. The number of carbonyl (C=O) groups excluding carboxylic acids is 1. The van der Waals surface area contributed by atoms with E-state index in [0.717, 1.165) is 35.0 Å². The van der Waals surface area contributed by atoms with Gasteiger partial charge in [-0.1, -0.05) is 13.8 Å². The topological polar surface area (TPSA) is 53.4 Å². The molecular weight excluding hydrogens is 304 g/mol. The van der Waals surface area contributed by atoms with Crippen molar-refractivity contribution in [3.8, 4) is 0 Å². The van der Waals surface area contributed by atoms with Crippen LogP contribution in [0.3, 0.4) is 0 Å². The Morgan fingerprint density at radius 1 is 1.48 bits per heavy atom. The fourth-order valence-electron chi connectivity index (χ4n) is 2.30. The van der Waals surface area contributed by atoms with Crippen molar-refractivity contribution in [2.75, 3.05) is 18.9 Å². The molecule has 0 aliphatic heterocycles. The molecule has 0 bridgehead atoms. The third-order valence-electron chi connectivity index (χ3n) is 3.42. The summed E-state index contributed by atoms with van der Waals surface area (Å²) >= 11 is 3.41. The van der Waals surface area contributed by atoms with Gasteiger partial charge in [0.15, 0.2) is 0 Å². The molecule has 1 aromatic heterocycles. The number of hydrogen-bond donors (Lipinski definition) is 1. The SMILES string of the molecule is CCC(CC)N(CCO)C(=O)CCSCc1csc(C)n1. The van der Waals surface area contributed by atoms with Crippen LogP contribution >= 0.6 is 23.1 Å². The van der Waals surface area contributed by atoms with Crippen molar-refractivity contribution < 1.29 is 9.90 Å². The minimum absolute atomic E-state index is 0.0352. The standard InChI is InChI=1S/C15H26N2O2S2/c1-4-14(5-2)17(7-8-18)15(19)6-9-20-10-13-11-21-12(3)16-13/h11,14,18H,4-10H2,1-3H3. The molecule has 1 rings (SSSR count). The Kier molecular flexibility index (Phi) is 8.96. The predicted octanol–water partition coefficient (Wildman–Crippen LogP) is 3.08. The Bertz CT molecular complexity index is 420. The number of thiazole rings is 1. The number of thioether (sulfide) groups is 1. The minimum atomic E-state index is 0.0352. The van der Waals surface area contributed by atoms with Crippen LogP contribution in [0.2, 0.25) is 0 Å². The highest BCUT2D eigenvalue weighted by Gasteiger charge is 2.19. The fourth-order valence-corrected chi connectivity index (χ4v) is 3.84.